The zero-order valence-electron chi connectivity index (χ0n) is 19.5. The number of piperidine rings is 1. The second-order valence-electron chi connectivity index (χ2n) is 9.65. The summed E-state index contributed by atoms with van der Waals surface area (Å²) in [4.78, 5) is 19.3. The van der Waals surface area contributed by atoms with Gasteiger partial charge in [0.15, 0.2) is 0 Å². The highest BCUT2D eigenvalue weighted by molar-refractivity contribution is 5.74. The number of carbonyl (C=O) groups is 1. The fourth-order valence-electron chi connectivity index (χ4n) is 3.88. The van der Waals surface area contributed by atoms with Crippen molar-refractivity contribution >= 4 is 11.7 Å². The lowest BCUT2D eigenvalue weighted by molar-refractivity contribution is 0.188. The molecule has 0 bridgehead atoms. The molecule has 0 atom stereocenters. The summed E-state index contributed by atoms with van der Waals surface area (Å²) in [6.45, 7) is 13.5. The van der Waals surface area contributed by atoms with Gasteiger partial charge in [0.1, 0.15) is 0 Å². The molecule has 2 amide bonds. The van der Waals surface area contributed by atoms with Crippen molar-refractivity contribution in [2.45, 2.75) is 64.8 Å². The summed E-state index contributed by atoms with van der Waals surface area (Å²) < 4.78 is 0. The lowest BCUT2D eigenvalue weighted by Crippen LogP contribution is -2.49. The number of hydrogen-bond donors (Lipinski definition) is 1. The highest BCUT2D eigenvalue weighted by Gasteiger charge is 2.23. The van der Waals surface area contributed by atoms with E-state index in [2.05, 4.69) is 81.2 Å². The lowest BCUT2D eigenvalue weighted by atomic mass is 9.87. The molecule has 164 valence electrons. The van der Waals surface area contributed by atoms with E-state index in [1.807, 2.05) is 4.90 Å². The molecule has 5 nitrogen and oxygen atoms in total. The number of carbonyl (C=O) groups excluding carboxylic acids is 1. The Morgan fingerprint density at radius 2 is 1.69 bits per heavy atom. The molecule has 29 heavy (non-hydrogen) atoms. The van der Waals surface area contributed by atoms with Crippen LogP contribution in [0.1, 0.15) is 58.9 Å². The minimum absolute atomic E-state index is 0.110. The number of amides is 2. The standard InChI is InChI=1S/C24H42N4O/c1-7-15-28(17-8-16-26(5)6)23(29)25-21-13-18-27(19-14-21)22-11-9-20(10-12-22)24(2,3)4/h9-12,21H,7-8,13-19H2,1-6H3,(H,25,29). The van der Waals surface area contributed by atoms with E-state index >= 15 is 0 Å². The van der Waals surface area contributed by atoms with Crippen molar-refractivity contribution in [1.82, 2.24) is 15.1 Å². The molecule has 2 rings (SSSR count). The van der Waals surface area contributed by atoms with Crippen molar-refractivity contribution in [3.05, 3.63) is 29.8 Å². The molecule has 1 fully saturated rings. The van der Waals surface area contributed by atoms with Gasteiger partial charge in [0.2, 0.25) is 0 Å². The van der Waals surface area contributed by atoms with Gasteiger partial charge in [0, 0.05) is 37.9 Å². The fraction of sp³-hybridized carbons (Fsp3) is 0.708. The molecule has 1 saturated heterocycles. The van der Waals surface area contributed by atoms with Crippen LogP contribution >= 0.6 is 0 Å². The second-order valence-corrected chi connectivity index (χ2v) is 9.65. The van der Waals surface area contributed by atoms with Gasteiger partial charge in [-0.2, -0.15) is 0 Å². The highest BCUT2D eigenvalue weighted by Crippen LogP contribution is 2.26. The van der Waals surface area contributed by atoms with Crippen LogP contribution in [-0.2, 0) is 5.41 Å². The smallest absolute Gasteiger partial charge is 0.317 e. The molecular formula is C24H42N4O. The predicted molar refractivity (Wildman–Crippen MR) is 124 cm³/mol. The minimum Gasteiger partial charge on any atom is -0.371 e. The molecule has 1 N–H and O–H groups in total. The zero-order chi connectivity index (χ0) is 21.4. The van der Waals surface area contributed by atoms with E-state index in [9.17, 15) is 4.79 Å². The lowest BCUT2D eigenvalue weighted by Gasteiger charge is -2.35. The van der Waals surface area contributed by atoms with Crippen LogP contribution in [0.2, 0.25) is 0 Å². The van der Waals surface area contributed by atoms with Crippen molar-refractivity contribution in [1.29, 1.82) is 0 Å². The Hall–Kier alpha value is -1.75. The van der Waals surface area contributed by atoms with Gasteiger partial charge in [-0.3, -0.25) is 0 Å². The van der Waals surface area contributed by atoms with Gasteiger partial charge >= 0.3 is 6.03 Å². The van der Waals surface area contributed by atoms with E-state index in [-0.39, 0.29) is 17.5 Å². The van der Waals surface area contributed by atoms with Crippen LogP contribution in [0.15, 0.2) is 24.3 Å². The van der Waals surface area contributed by atoms with Gasteiger partial charge in [-0.05, 0) is 69.4 Å². The normalized spacial score (nSPS) is 15.6. The Bertz CT molecular complexity index is 613. The molecule has 1 aliphatic heterocycles. The summed E-state index contributed by atoms with van der Waals surface area (Å²) in [6.07, 6.45) is 4.02. The van der Waals surface area contributed by atoms with Gasteiger partial charge in [0.25, 0.3) is 0 Å². The molecule has 1 aromatic rings. The van der Waals surface area contributed by atoms with E-state index in [0.717, 1.165) is 58.4 Å². The predicted octanol–water partition coefficient (Wildman–Crippen LogP) is 4.33. The fourth-order valence-corrected chi connectivity index (χ4v) is 3.88. The van der Waals surface area contributed by atoms with Crippen LogP contribution in [0.4, 0.5) is 10.5 Å². The maximum absolute atomic E-state index is 12.7. The molecular weight excluding hydrogens is 360 g/mol. The SMILES string of the molecule is CCCN(CCCN(C)C)C(=O)NC1CCN(c2ccc(C(C)(C)C)cc2)CC1. The first-order valence-corrected chi connectivity index (χ1v) is 11.3. The molecule has 1 aromatic carbocycles. The molecule has 5 heteroatoms. The first-order valence-electron chi connectivity index (χ1n) is 11.3. The molecule has 0 unspecified atom stereocenters. The first kappa shape index (κ1) is 23.5. The number of nitrogens with one attached hydrogen (secondary N) is 1. The van der Waals surface area contributed by atoms with Crippen LogP contribution < -0.4 is 10.2 Å². The van der Waals surface area contributed by atoms with Gasteiger partial charge in [-0.1, -0.05) is 39.8 Å². The average molecular weight is 403 g/mol. The molecule has 0 aliphatic carbocycles. The van der Waals surface area contributed by atoms with E-state index in [0.29, 0.717) is 0 Å². The topological polar surface area (TPSA) is 38.8 Å². The Balaban J connectivity index is 1.82. The minimum atomic E-state index is 0.110. The van der Waals surface area contributed by atoms with E-state index in [4.69, 9.17) is 0 Å². The number of urea groups is 1. The Labute approximate surface area is 178 Å². The van der Waals surface area contributed by atoms with E-state index < -0.39 is 0 Å². The maximum atomic E-state index is 12.7. The van der Waals surface area contributed by atoms with Crippen molar-refractivity contribution in [2.75, 3.05) is 51.7 Å². The third-order valence-electron chi connectivity index (χ3n) is 5.74. The number of benzene rings is 1. The Morgan fingerprint density at radius 3 is 2.21 bits per heavy atom. The van der Waals surface area contributed by atoms with Crippen molar-refractivity contribution in [2.24, 2.45) is 0 Å². The largest absolute Gasteiger partial charge is 0.371 e. The van der Waals surface area contributed by atoms with Crippen LogP contribution in [0.3, 0.4) is 0 Å². The van der Waals surface area contributed by atoms with Gasteiger partial charge in [0.05, 0.1) is 0 Å². The van der Waals surface area contributed by atoms with Crippen LogP contribution in [-0.4, -0.2) is 68.7 Å². The number of rotatable bonds is 8. The number of hydrogen-bond acceptors (Lipinski definition) is 3. The van der Waals surface area contributed by atoms with Crippen molar-refractivity contribution in [3.63, 3.8) is 0 Å². The summed E-state index contributed by atoms with van der Waals surface area (Å²) in [6, 6.07) is 9.37. The maximum Gasteiger partial charge on any atom is 0.317 e. The van der Waals surface area contributed by atoms with Crippen LogP contribution in [0, 0.1) is 0 Å². The summed E-state index contributed by atoms with van der Waals surface area (Å²) >= 11 is 0. The molecule has 0 saturated carbocycles. The number of nitrogens with zero attached hydrogens (tertiary/aromatic N) is 3. The van der Waals surface area contributed by atoms with Crippen LogP contribution in [0.25, 0.3) is 0 Å². The quantitative estimate of drug-likeness (QED) is 0.703. The molecule has 0 spiro atoms. The highest BCUT2D eigenvalue weighted by atomic mass is 16.2. The summed E-state index contributed by atoms with van der Waals surface area (Å²) in [5.74, 6) is 0. The first-order chi connectivity index (χ1) is 13.7. The Kier molecular flexibility index (Phi) is 8.81. The van der Waals surface area contributed by atoms with Gasteiger partial charge in [-0.25, -0.2) is 4.79 Å². The second kappa shape index (κ2) is 10.9. The Morgan fingerprint density at radius 1 is 1.07 bits per heavy atom. The number of anilines is 1. The summed E-state index contributed by atoms with van der Waals surface area (Å²) in [7, 11) is 4.16. The van der Waals surface area contributed by atoms with E-state index in [1.165, 1.54) is 11.3 Å². The van der Waals surface area contributed by atoms with Gasteiger partial charge in [-0.15, -0.1) is 0 Å². The molecule has 1 heterocycles. The molecule has 0 radical (unpaired) electrons. The average Bonchev–Trinajstić information content (AvgIpc) is 2.67. The van der Waals surface area contributed by atoms with Crippen LogP contribution in [0.5, 0.6) is 0 Å². The molecule has 1 aliphatic rings. The summed E-state index contributed by atoms with van der Waals surface area (Å²) in [5.41, 5.74) is 2.85. The van der Waals surface area contributed by atoms with Gasteiger partial charge < -0.3 is 20.0 Å². The van der Waals surface area contributed by atoms with Crippen molar-refractivity contribution < 1.29 is 4.79 Å². The molecule has 0 aromatic heterocycles. The monoisotopic (exact) mass is 402 g/mol. The summed E-state index contributed by atoms with van der Waals surface area (Å²) in [5, 5.41) is 3.29. The van der Waals surface area contributed by atoms with E-state index in [1.54, 1.807) is 0 Å². The third-order valence-corrected chi connectivity index (χ3v) is 5.74. The third kappa shape index (κ3) is 7.54. The van der Waals surface area contributed by atoms with Crippen molar-refractivity contribution in [3.8, 4) is 0 Å². The zero-order valence-corrected chi connectivity index (χ0v) is 19.5.